The Labute approximate surface area is 105 Å². The Morgan fingerprint density at radius 3 is 2.44 bits per heavy atom. The number of likely N-dealkylation sites (tertiary alicyclic amines) is 1. The molecule has 1 rings (SSSR count). The number of hydrogen-bond donors (Lipinski definition) is 1. The smallest absolute Gasteiger partial charge is 0.239 e. The summed E-state index contributed by atoms with van der Waals surface area (Å²) in [6.45, 7) is 9.41. The Balaban J connectivity index is 0.00000225. The van der Waals surface area contributed by atoms with Crippen LogP contribution >= 0.6 is 12.4 Å². The minimum absolute atomic E-state index is 0. The second kappa shape index (κ2) is 7.09. The monoisotopic (exact) mass is 249 g/mol. The molecule has 0 spiro atoms. The van der Waals surface area contributed by atoms with Crippen LogP contribution in [0.4, 0.5) is 0 Å². The van der Waals surface area contributed by atoms with Crippen molar-refractivity contribution in [2.45, 2.75) is 39.3 Å². The van der Waals surface area contributed by atoms with Crippen molar-refractivity contribution in [1.29, 1.82) is 0 Å². The van der Waals surface area contributed by atoms with Crippen molar-refractivity contribution in [1.82, 2.24) is 9.80 Å². The fourth-order valence-electron chi connectivity index (χ4n) is 2.12. The molecule has 0 radical (unpaired) electrons. The lowest BCUT2D eigenvalue weighted by Crippen LogP contribution is -2.46. The number of halogens is 1. The Kier molecular flexibility index (Phi) is 6.95. The van der Waals surface area contributed by atoms with E-state index in [2.05, 4.69) is 4.90 Å². The van der Waals surface area contributed by atoms with Crippen LogP contribution in [-0.4, -0.2) is 54.0 Å². The molecule has 0 aliphatic carbocycles. The average Bonchev–Trinajstić information content (AvgIpc) is 2.65. The number of carbonyl (C=O) groups excluding carboxylic acids is 1. The van der Waals surface area contributed by atoms with Crippen LogP contribution in [0.15, 0.2) is 0 Å². The van der Waals surface area contributed by atoms with Gasteiger partial charge in [0, 0.05) is 32.2 Å². The number of likely N-dealkylation sites (N-methyl/N-ethyl adjacent to an activating group) is 1. The second-order valence-electron chi connectivity index (χ2n) is 4.23. The van der Waals surface area contributed by atoms with Crippen LogP contribution < -0.4 is 5.73 Å². The van der Waals surface area contributed by atoms with Crippen molar-refractivity contribution in [3.05, 3.63) is 0 Å². The Morgan fingerprint density at radius 1 is 1.50 bits per heavy atom. The van der Waals surface area contributed by atoms with Gasteiger partial charge in [0.25, 0.3) is 0 Å². The van der Waals surface area contributed by atoms with E-state index in [4.69, 9.17) is 5.73 Å². The average molecular weight is 250 g/mol. The standard InChI is InChI=1S/C11H23N3O.ClH/c1-4-13(5-2)11(15)9(3)14-7-6-10(12)8-14;/h9-10H,4-8,12H2,1-3H3;1H. The normalized spacial score (nSPS) is 22.6. The van der Waals surface area contributed by atoms with Gasteiger partial charge in [-0.1, -0.05) is 0 Å². The molecule has 1 heterocycles. The molecule has 16 heavy (non-hydrogen) atoms. The summed E-state index contributed by atoms with van der Waals surface area (Å²) in [5, 5.41) is 0. The van der Waals surface area contributed by atoms with Crippen molar-refractivity contribution >= 4 is 18.3 Å². The highest BCUT2D eigenvalue weighted by Crippen LogP contribution is 2.12. The highest BCUT2D eigenvalue weighted by molar-refractivity contribution is 5.85. The fraction of sp³-hybridized carbons (Fsp3) is 0.909. The van der Waals surface area contributed by atoms with Gasteiger partial charge in [0.2, 0.25) is 5.91 Å². The highest BCUT2D eigenvalue weighted by atomic mass is 35.5. The fourth-order valence-corrected chi connectivity index (χ4v) is 2.12. The van der Waals surface area contributed by atoms with Crippen LogP contribution in [0.2, 0.25) is 0 Å². The number of carbonyl (C=O) groups is 1. The zero-order chi connectivity index (χ0) is 11.4. The molecule has 0 aromatic carbocycles. The molecule has 0 aromatic heterocycles. The molecule has 0 aromatic rings. The van der Waals surface area contributed by atoms with E-state index in [0.717, 1.165) is 32.6 Å². The van der Waals surface area contributed by atoms with Gasteiger partial charge in [-0.25, -0.2) is 0 Å². The third kappa shape index (κ3) is 3.61. The van der Waals surface area contributed by atoms with Crippen LogP contribution in [0.5, 0.6) is 0 Å². The molecule has 1 fully saturated rings. The molecule has 1 aliphatic heterocycles. The number of amides is 1. The van der Waals surface area contributed by atoms with Gasteiger partial charge in [0.05, 0.1) is 6.04 Å². The summed E-state index contributed by atoms with van der Waals surface area (Å²) in [7, 11) is 0. The maximum atomic E-state index is 12.0. The second-order valence-corrected chi connectivity index (χ2v) is 4.23. The van der Waals surface area contributed by atoms with Crippen LogP contribution in [0.1, 0.15) is 27.2 Å². The Bertz CT molecular complexity index is 221. The van der Waals surface area contributed by atoms with Gasteiger partial charge in [-0.05, 0) is 27.2 Å². The van der Waals surface area contributed by atoms with E-state index in [1.54, 1.807) is 0 Å². The molecule has 0 bridgehead atoms. The molecule has 1 saturated heterocycles. The summed E-state index contributed by atoms with van der Waals surface area (Å²) in [6.07, 6.45) is 1.01. The van der Waals surface area contributed by atoms with Gasteiger partial charge >= 0.3 is 0 Å². The Hall–Kier alpha value is -0.320. The highest BCUT2D eigenvalue weighted by Gasteiger charge is 2.29. The molecule has 5 heteroatoms. The van der Waals surface area contributed by atoms with E-state index in [0.29, 0.717) is 0 Å². The zero-order valence-electron chi connectivity index (χ0n) is 10.5. The number of nitrogens with two attached hydrogens (primary N) is 1. The van der Waals surface area contributed by atoms with Gasteiger partial charge in [-0.2, -0.15) is 0 Å². The van der Waals surface area contributed by atoms with Crippen LogP contribution in [0, 0.1) is 0 Å². The van der Waals surface area contributed by atoms with Crippen LogP contribution in [0.25, 0.3) is 0 Å². The van der Waals surface area contributed by atoms with Gasteiger partial charge in [0.1, 0.15) is 0 Å². The van der Waals surface area contributed by atoms with Crippen LogP contribution in [-0.2, 0) is 4.79 Å². The molecule has 2 atom stereocenters. The van der Waals surface area contributed by atoms with Crippen molar-refractivity contribution in [3.8, 4) is 0 Å². The van der Waals surface area contributed by atoms with Crippen LogP contribution in [0.3, 0.4) is 0 Å². The predicted octanol–water partition coefficient (Wildman–Crippen LogP) is 0.698. The number of hydrogen-bond acceptors (Lipinski definition) is 3. The predicted molar refractivity (Wildman–Crippen MR) is 68.8 cm³/mol. The topological polar surface area (TPSA) is 49.6 Å². The summed E-state index contributed by atoms with van der Waals surface area (Å²) in [6, 6.07) is 0.232. The molecular formula is C11H24ClN3O. The molecule has 1 aliphatic rings. The molecular weight excluding hydrogens is 226 g/mol. The molecule has 96 valence electrons. The van der Waals surface area contributed by atoms with Crippen molar-refractivity contribution in [2.24, 2.45) is 5.73 Å². The minimum Gasteiger partial charge on any atom is -0.342 e. The minimum atomic E-state index is -0.0153. The first-order valence-corrected chi connectivity index (χ1v) is 5.88. The van der Waals surface area contributed by atoms with E-state index in [1.165, 1.54) is 0 Å². The molecule has 2 N–H and O–H groups in total. The van der Waals surface area contributed by atoms with Crippen molar-refractivity contribution < 1.29 is 4.79 Å². The molecule has 1 amide bonds. The lowest BCUT2D eigenvalue weighted by atomic mass is 10.2. The lowest BCUT2D eigenvalue weighted by Gasteiger charge is -2.28. The van der Waals surface area contributed by atoms with E-state index >= 15 is 0 Å². The van der Waals surface area contributed by atoms with Gasteiger partial charge in [-0.3, -0.25) is 9.69 Å². The summed E-state index contributed by atoms with van der Waals surface area (Å²) in [5.41, 5.74) is 5.84. The third-order valence-corrected chi connectivity index (χ3v) is 3.24. The maximum absolute atomic E-state index is 12.0. The largest absolute Gasteiger partial charge is 0.342 e. The SMILES string of the molecule is CCN(CC)C(=O)C(C)N1CCC(N)C1.Cl. The van der Waals surface area contributed by atoms with Crippen molar-refractivity contribution in [2.75, 3.05) is 26.2 Å². The molecule has 0 saturated carbocycles. The van der Waals surface area contributed by atoms with Crippen molar-refractivity contribution in [3.63, 3.8) is 0 Å². The van der Waals surface area contributed by atoms with E-state index < -0.39 is 0 Å². The number of nitrogens with zero attached hydrogens (tertiary/aromatic N) is 2. The summed E-state index contributed by atoms with van der Waals surface area (Å²) >= 11 is 0. The summed E-state index contributed by atoms with van der Waals surface area (Å²) in [4.78, 5) is 16.1. The van der Waals surface area contributed by atoms with Gasteiger partial charge < -0.3 is 10.6 Å². The molecule has 4 nitrogen and oxygen atoms in total. The quantitative estimate of drug-likeness (QED) is 0.798. The Morgan fingerprint density at radius 2 is 2.06 bits per heavy atom. The van der Waals surface area contributed by atoms with Gasteiger partial charge in [-0.15, -0.1) is 12.4 Å². The molecule has 2 unspecified atom stereocenters. The first-order chi connectivity index (χ1) is 7.10. The third-order valence-electron chi connectivity index (χ3n) is 3.24. The lowest BCUT2D eigenvalue weighted by molar-refractivity contribution is -0.135. The van der Waals surface area contributed by atoms with E-state index in [1.807, 2.05) is 25.7 Å². The zero-order valence-corrected chi connectivity index (χ0v) is 11.3. The first-order valence-electron chi connectivity index (χ1n) is 5.88. The maximum Gasteiger partial charge on any atom is 0.239 e. The van der Waals surface area contributed by atoms with Gasteiger partial charge in [0.15, 0.2) is 0 Å². The summed E-state index contributed by atoms with van der Waals surface area (Å²) < 4.78 is 0. The van der Waals surface area contributed by atoms with E-state index in [9.17, 15) is 4.79 Å². The summed E-state index contributed by atoms with van der Waals surface area (Å²) in [5.74, 6) is 0.231. The van der Waals surface area contributed by atoms with E-state index in [-0.39, 0.29) is 30.4 Å². The number of rotatable bonds is 4. The first kappa shape index (κ1) is 15.7.